The van der Waals surface area contributed by atoms with Crippen LogP contribution in [0.2, 0.25) is 0 Å². The molecule has 3 nitrogen and oxygen atoms in total. The Bertz CT molecular complexity index is 538. The molecule has 1 aliphatic heterocycles. The fourth-order valence-corrected chi connectivity index (χ4v) is 3.37. The molecule has 1 atom stereocenters. The molecule has 3 rings (SSSR count). The summed E-state index contributed by atoms with van der Waals surface area (Å²) in [6, 6.07) is 5.55. The number of hydrogen-bond acceptors (Lipinski definition) is 2. The molecular weight excluding hydrogens is 281 g/mol. The van der Waals surface area contributed by atoms with Crippen LogP contribution in [0.5, 0.6) is 0 Å². The normalized spacial score (nSPS) is 24.0. The van der Waals surface area contributed by atoms with E-state index in [0.717, 1.165) is 31.7 Å². The Hall–Kier alpha value is -1.56. The van der Waals surface area contributed by atoms with Crippen molar-refractivity contribution in [3.05, 3.63) is 35.4 Å². The number of hydrogen-bond donors (Lipinski definition) is 1. The summed E-state index contributed by atoms with van der Waals surface area (Å²) in [5.41, 5.74) is -0.525. The minimum Gasteiger partial charge on any atom is -0.319 e. The maximum absolute atomic E-state index is 13.2. The summed E-state index contributed by atoms with van der Waals surface area (Å²) in [4.78, 5) is 13.7. The lowest BCUT2D eigenvalue weighted by Gasteiger charge is -2.31. The number of benzene rings is 1. The van der Waals surface area contributed by atoms with E-state index in [1.165, 1.54) is 12.1 Å². The zero-order valence-corrected chi connectivity index (χ0v) is 11.5. The highest BCUT2D eigenvalue weighted by atomic mass is 19.4. The molecular formula is C15H17F3N2O. The number of nitrogens with one attached hydrogen (secondary N) is 1. The van der Waals surface area contributed by atoms with Crippen molar-refractivity contribution in [1.82, 2.24) is 10.2 Å². The molecule has 0 aromatic heterocycles. The van der Waals surface area contributed by atoms with E-state index in [0.29, 0.717) is 0 Å². The summed E-state index contributed by atoms with van der Waals surface area (Å²) in [7, 11) is 0. The number of carbonyl (C=O) groups is 1. The molecule has 1 saturated heterocycles. The van der Waals surface area contributed by atoms with Gasteiger partial charge >= 0.3 is 6.18 Å². The molecule has 1 saturated carbocycles. The molecule has 0 bridgehead atoms. The first kappa shape index (κ1) is 14.4. The SMILES string of the molecule is O=C1CNC(c2ccccc2C(F)(F)F)N1C1CCCC1. The van der Waals surface area contributed by atoms with Crippen molar-refractivity contribution in [2.75, 3.05) is 6.54 Å². The van der Waals surface area contributed by atoms with E-state index in [4.69, 9.17) is 0 Å². The molecule has 1 amide bonds. The molecule has 1 unspecified atom stereocenters. The van der Waals surface area contributed by atoms with Gasteiger partial charge < -0.3 is 4.90 Å². The third-order valence-corrected chi connectivity index (χ3v) is 4.29. The minimum absolute atomic E-state index is 0.0544. The maximum atomic E-state index is 13.2. The molecule has 1 N–H and O–H groups in total. The van der Waals surface area contributed by atoms with Gasteiger partial charge in [-0.3, -0.25) is 10.1 Å². The molecule has 2 fully saturated rings. The number of rotatable bonds is 2. The monoisotopic (exact) mass is 298 g/mol. The summed E-state index contributed by atoms with van der Waals surface area (Å²) < 4.78 is 39.5. The third kappa shape index (κ3) is 2.64. The van der Waals surface area contributed by atoms with E-state index in [-0.39, 0.29) is 24.1 Å². The molecule has 1 heterocycles. The van der Waals surface area contributed by atoms with Gasteiger partial charge in [0.25, 0.3) is 0 Å². The van der Waals surface area contributed by atoms with Gasteiger partial charge in [0.2, 0.25) is 5.91 Å². The van der Waals surface area contributed by atoms with Gasteiger partial charge in [-0.05, 0) is 18.9 Å². The van der Waals surface area contributed by atoms with Crippen LogP contribution in [0, 0.1) is 0 Å². The van der Waals surface area contributed by atoms with Crippen LogP contribution in [-0.2, 0) is 11.0 Å². The second-order valence-electron chi connectivity index (χ2n) is 5.61. The lowest BCUT2D eigenvalue weighted by Crippen LogP contribution is -2.38. The number of carbonyl (C=O) groups excluding carboxylic acids is 1. The number of alkyl halides is 3. The number of nitrogens with zero attached hydrogens (tertiary/aromatic N) is 1. The van der Waals surface area contributed by atoms with Gasteiger partial charge in [-0.2, -0.15) is 13.2 Å². The fourth-order valence-electron chi connectivity index (χ4n) is 3.37. The third-order valence-electron chi connectivity index (χ3n) is 4.29. The van der Waals surface area contributed by atoms with Gasteiger partial charge in [-0.15, -0.1) is 0 Å². The Balaban J connectivity index is 1.97. The van der Waals surface area contributed by atoms with Gasteiger partial charge in [-0.1, -0.05) is 31.0 Å². The van der Waals surface area contributed by atoms with Crippen LogP contribution in [0.25, 0.3) is 0 Å². The Morgan fingerprint density at radius 2 is 1.81 bits per heavy atom. The zero-order valence-electron chi connectivity index (χ0n) is 11.5. The van der Waals surface area contributed by atoms with Gasteiger partial charge in [-0.25, -0.2) is 0 Å². The van der Waals surface area contributed by atoms with Crippen molar-refractivity contribution in [2.24, 2.45) is 0 Å². The highest BCUT2D eigenvalue weighted by Gasteiger charge is 2.42. The smallest absolute Gasteiger partial charge is 0.319 e. The van der Waals surface area contributed by atoms with Crippen LogP contribution < -0.4 is 5.32 Å². The molecule has 2 aliphatic rings. The Morgan fingerprint density at radius 3 is 2.48 bits per heavy atom. The van der Waals surface area contributed by atoms with E-state index in [9.17, 15) is 18.0 Å². The number of amides is 1. The van der Waals surface area contributed by atoms with Crippen molar-refractivity contribution in [2.45, 2.75) is 44.1 Å². The van der Waals surface area contributed by atoms with Crippen molar-refractivity contribution < 1.29 is 18.0 Å². The molecule has 1 aromatic carbocycles. The van der Waals surface area contributed by atoms with E-state index >= 15 is 0 Å². The topological polar surface area (TPSA) is 32.3 Å². The fraction of sp³-hybridized carbons (Fsp3) is 0.533. The second-order valence-corrected chi connectivity index (χ2v) is 5.61. The Morgan fingerprint density at radius 1 is 1.14 bits per heavy atom. The molecule has 0 radical (unpaired) electrons. The van der Waals surface area contributed by atoms with Gasteiger partial charge in [0, 0.05) is 11.6 Å². The van der Waals surface area contributed by atoms with Crippen LogP contribution in [0.15, 0.2) is 24.3 Å². The minimum atomic E-state index is -4.41. The van der Waals surface area contributed by atoms with Crippen molar-refractivity contribution in [3.63, 3.8) is 0 Å². The van der Waals surface area contributed by atoms with E-state index in [2.05, 4.69) is 5.32 Å². The molecule has 1 aromatic rings. The molecule has 0 spiro atoms. The lowest BCUT2D eigenvalue weighted by atomic mass is 10.0. The van der Waals surface area contributed by atoms with Crippen LogP contribution in [-0.4, -0.2) is 23.4 Å². The predicted molar refractivity (Wildman–Crippen MR) is 71.3 cm³/mol. The summed E-state index contributed by atoms with van der Waals surface area (Å²) in [6.45, 7) is 0.105. The van der Waals surface area contributed by atoms with E-state index < -0.39 is 17.9 Å². The predicted octanol–water partition coefficient (Wildman–Crippen LogP) is 3.08. The van der Waals surface area contributed by atoms with Crippen LogP contribution in [0.1, 0.15) is 43.0 Å². The van der Waals surface area contributed by atoms with E-state index in [1.54, 1.807) is 11.0 Å². The second kappa shape index (κ2) is 5.33. The summed E-state index contributed by atoms with van der Waals surface area (Å²) >= 11 is 0. The molecule has 6 heteroatoms. The standard InChI is InChI=1S/C15H17F3N2O/c16-15(17,18)12-8-4-3-7-11(12)14-19-9-13(21)20(14)10-5-1-2-6-10/h3-4,7-8,10,14,19H,1-2,5-6,9H2. The van der Waals surface area contributed by atoms with Crippen molar-refractivity contribution >= 4 is 5.91 Å². The first-order chi connectivity index (χ1) is 9.98. The highest BCUT2D eigenvalue weighted by Crippen LogP contribution is 2.39. The summed E-state index contributed by atoms with van der Waals surface area (Å²) in [6.07, 6.45) is -1.27. The van der Waals surface area contributed by atoms with Crippen molar-refractivity contribution in [1.29, 1.82) is 0 Å². The van der Waals surface area contributed by atoms with Crippen LogP contribution >= 0.6 is 0 Å². The quantitative estimate of drug-likeness (QED) is 0.910. The number of halogens is 3. The molecule has 21 heavy (non-hydrogen) atoms. The van der Waals surface area contributed by atoms with Crippen LogP contribution in [0.4, 0.5) is 13.2 Å². The van der Waals surface area contributed by atoms with Crippen LogP contribution in [0.3, 0.4) is 0 Å². The lowest BCUT2D eigenvalue weighted by molar-refractivity contribution is -0.140. The first-order valence-corrected chi connectivity index (χ1v) is 7.19. The Kier molecular flexibility index (Phi) is 3.65. The summed E-state index contributed by atoms with van der Waals surface area (Å²) in [5, 5.41) is 2.94. The van der Waals surface area contributed by atoms with Crippen molar-refractivity contribution in [3.8, 4) is 0 Å². The average Bonchev–Trinajstić information content (AvgIpc) is 3.06. The van der Waals surface area contributed by atoms with Gasteiger partial charge in [0.1, 0.15) is 6.17 Å². The highest BCUT2D eigenvalue weighted by molar-refractivity contribution is 5.81. The summed E-state index contributed by atoms with van der Waals surface area (Å²) in [5.74, 6) is -0.108. The zero-order chi connectivity index (χ0) is 15.0. The van der Waals surface area contributed by atoms with Gasteiger partial charge in [0.05, 0.1) is 12.1 Å². The maximum Gasteiger partial charge on any atom is 0.416 e. The van der Waals surface area contributed by atoms with Gasteiger partial charge in [0.15, 0.2) is 0 Å². The average molecular weight is 298 g/mol. The first-order valence-electron chi connectivity index (χ1n) is 7.19. The Labute approximate surface area is 121 Å². The molecule has 1 aliphatic carbocycles. The largest absolute Gasteiger partial charge is 0.416 e. The molecule has 114 valence electrons. The van der Waals surface area contributed by atoms with E-state index in [1.807, 2.05) is 0 Å².